The summed E-state index contributed by atoms with van der Waals surface area (Å²) in [6.45, 7) is 1.54. The first-order valence-electron chi connectivity index (χ1n) is 11.8. The van der Waals surface area contributed by atoms with Gasteiger partial charge >= 0.3 is 4.87 Å². The molecular formula is C24H20N4O8S2. The van der Waals surface area contributed by atoms with Gasteiger partial charge in [0.15, 0.2) is 0 Å². The van der Waals surface area contributed by atoms with Crippen molar-refractivity contribution < 1.29 is 28.5 Å². The molecule has 3 aliphatic heterocycles. The third kappa shape index (κ3) is 3.95. The summed E-state index contributed by atoms with van der Waals surface area (Å²) in [5, 5.41) is 10.7. The molecule has 0 N–H and O–H groups in total. The van der Waals surface area contributed by atoms with Gasteiger partial charge in [0.25, 0.3) is 5.69 Å². The Labute approximate surface area is 222 Å². The second kappa shape index (κ2) is 9.53. The molecule has 0 saturated carbocycles. The van der Waals surface area contributed by atoms with Gasteiger partial charge in [0.05, 0.1) is 51.8 Å². The number of non-ortho nitro benzene ring substituents is 1. The van der Waals surface area contributed by atoms with Crippen LogP contribution < -0.4 is 9.77 Å². The van der Waals surface area contributed by atoms with Gasteiger partial charge in [0.2, 0.25) is 17.7 Å². The van der Waals surface area contributed by atoms with Crippen molar-refractivity contribution in [2.24, 2.45) is 5.92 Å². The molecular weight excluding hydrogens is 536 g/mol. The molecule has 2 fully saturated rings. The van der Waals surface area contributed by atoms with Gasteiger partial charge in [-0.2, -0.15) is 0 Å². The molecule has 14 heteroatoms. The zero-order valence-electron chi connectivity index (χ0n) is 19.7. The summed E-state index contributed by atoms with van der Waals surface area (Å²) in [5.41, 5.74) is 0.0614. The summed E-state index contributed by atoms with van der Waals surface area (Å²) < 4.78 is 12.4. The molecule has 5 heterocycles. The standard InChI is InChI=1S/C24H20N4O8S2/c29-16(25-7-10-35-11-8-25)12-26-23-20(38-24(26)32)17(15-2-1-9-36-15)18-19(37-23)22(31)27(21(18)30)13-3-5-14(6-4-13)28(33)34/h1-6,9,17-19H,7-8,10-12H2/t17-,18?,19?/m1/s1. The number of thiazole rings is 1. The third-order valence-electron chi connectivity index (χ3n) is 6.87. The maximum absolute atomic E-state index is 13.7. The quantitative estimate of drug-likeness (QED) is 0.262. The van der Waals surface area contributed by atoms with E-state index < -0.39 is 33.8 Å². The summed E-state index contributed by atoms with van der Waals surface area (Å²) in [4.78, 5) is 66.8. The largest absolute Gasteiger partial charge is 0.469 e. The lowest BCUT2D eigenvalue weighted by Gasteiger charge is -2.30. The minimum Gasteiger partial charge on any atom is -0.469 e. The molecule has 12 nitrogen and oxygen atoms in total. The number of hydrogen-bond donors (Lipinski definition) is 0. The maximum Gasteiger partial charge on any atom is 0.308 e. The van der Waals surface area contributed by atoms with Crippen LogP contribution in [0, 0.1) is 16.0 Å². The number of nitro benzene ring substituents is 1. The minimum atomic E-state index is -0.876. The topological polar surface area (TPSA) is 145 Å². The molecule has 2 saturated heterocycles. The van der Waals surface area contributed by atoms with Gasteiger partial charge in [-0.1, -0.05) is 23.1 Å². The van der Waals surface area contributed by atoms with Gasteiger partial charge in [-0.05, 0) is 24.3 Å². The monoisotopic (exact) mass is 556 g/mol. The van der Waals surface area contributed by atoms with Crippen LogP contribution in [-0.2, 0) is 25.7 Å². The predicted octanol–water partition coefficient (Wildman–Crippen LogP) is 2.07. The molecule has 1 aromatic carbocycles. The van der Waals surface area contributed by atoms with Crippen LogP contribution >= 0.6 is 23.1 Å². The minimum absolute atomic E-state index is 0.163. The fraction of sp³-hybridized carbons (Fsp3) is 0.333. The van der Waals surface area contributed by atoms with Gasteiger partial charge in [0.1, 0.15) is 17.6 Å². The second-order valence-corrected chi connectivity index (χ2v) is 11.1. The Morgan fingerprint density at radius 2 is 1.82 bits per heavy atom. The number of rotatable bonds is 5. The number of furan rings is 1. The molecule has 0 bridgehead atoms. The highest BCUT2D eigenvalue weighted by atomic mass is 32.2. The number of imide groups is 1. The van der Waals surface area contributed by atoms with Gasteiger partial charge in [-0.3, -0.25) is 33.9 Å². The highest BCUT2D eigenvalue weighted by Crippen LogP contribution is 2.54. The highest BCUT2D eigenvalue weighted by Gasteiger charge is 2.57. The van der Waals surface area contributed by atoms with E-state index in [-0.39, 0.29) is 28.7 Å². The molecule has 2 unspecified atom stereocenters. The number of nitro groups is 1. The lowest BCUT2D eigenvalue weighted by Crippen LogP contribution is -2.43. The van der Waals surface area contributed by atoms with Crippen molar-refractivity contribution in [3.05, 3.63) is 73.1 Å². The third-order valence-corrected chi connectivity index (χ3v) is 9.48. The van der Waals surface area contributed by atoms with Crippen LogP contribution in [0.2, 0.25) is 0 Å². The van der Waals surface area contributed by atoms with Gasteiger partial charge < -0.3 is 14.1 Å². The van der Waals surface area contributed by atoms with Crippen molar-refractivity contribution in [1.82, 2.24) is 9.47 Å². The average molecular weight is 557 g/mol. The van der Waals surface area contributed by atoms with E-state index in [1.807, 2.05) is 0 Å². The first-order chi connectivity index (χ1) is 18.3. The lowest BCUT2D eigenvalue weighted by molar-refractivity contribution is -0.384. The second-order valence-electron chi connectivity index (χ2n) is 8.96. The number of benzene rings is 1. The molecule has 6 rings (SSSR count). The van der Waals surface area contributed by atoms with Crippen molar-refractivity contribution in [1.29, 1.82) is 0 Å². The lowest BCUT2D eigenvalue weighted by atomic mass is 9.87. The smallest absolute Gasteiger partial charge is 0.308 e. The van der Waals surface area contributed by atoms with E-state index in [1.165, 1.54) is 35.1 Å². The molecule has 2 aromatic heterocycles. The number of fused-ring (bicyclic) bond motifs is 2. The van der Waals surface area contributed by atoms with Crippen molar-refractivity contribution >= 4 is 52.2 Å². The molecule has 196 valence electrons. The Hall–Kier alpha value is -3.75. The molecule has 38 heavy (non-hydrogen) atoms. The zero-order chi connectivity index (χ0) is 26.6. The predicted molar refractivity (Wildman–Crippen MR) is 135 cm³/mol. The Bertz CT molecular complexity index is 1490. The first kappa shape index (κ1) is 24.6. The van der Waals surface area contributed by atoms with E-state index in [0.717, 1.165) is 28.0 Å². The Morgan fingerprint density at radius 3 is 2.47 bits per heavy atom. The van der Waals surface area contributed by atoms with Gasteiger partial charge in [0, 0.05) is 25.2 Å². The fourth-order valence-electron chi connectivity index (χ4n) is 5.06. The van der Waals surface area contributed by atoms with E-state index >= 15 is 0 Å². The van der Waals surface area contributed by atoms with E-state index in [4.69, 9.17) is 9.15 Å². The van der Waals surface area contributed by atoms with Gasteiger partial charge in [-0.25, -0.2) is 4.90 Å². The number of carbonyl (C=O) groups is 3. The van der Waals surface area contributed by atoms with Gasteiger partial charge in [-0.15, -0.1) is 0 Å². The molecule has 0 spiro atoms. The van der Waals surface area contributed by atoms with E-state index in [2.05, 4.69) is 0 Å². The number of ether oxygens (including phenoxy) is 1. The number of hydrogen-bond acceptors (Lipinski definition) is 10. The summed E-state index contributed by atoms with van der Waals surface area (Å²) >= 11 is 2.04. The number of nitrogens with zero attached hydrogens (tertiary/aromatic N) is 4. The summed E-state index contributed by atoms with van der Waals surface area (Å²) in [6, 6.07) is 8.57. The Balaban J connectivity index is 1.39. The SMILES string of the molecule is O=C(Cn1c2c(sc1=O)[C@H](c1ccco1)C1C(=O)N(c3ccc([N+](=O)[O-])cc3)C(=O)C1S2)N1CCOCC1. The van der Waals surface area contributed by atoms with Crippen LogP contribution in [0.25, 0.3) is 0 Å². The van der Waals surface area contributed by atoms with Crippen LogP contribution in [0.1, 0.15) is 16.6 Å². The van der Waals surface area contributed by atoms with E-state index in [0.29, 0.717) is 42.0 Å². The summed E-state index contributed by atoms with van der Waals surface area (Å²) in [5.74, 6) is -2.34. The normalized spacial score (nSPS) is 22.9. The number of thioether (sulfide) groups is 1. The molecule has 3 aliphatic rings. The Morgan fingerprint density at radius 1 is 1.08 bits per heavy atom. The number of anilines is 1. The first-order valence-corrected chi connectivity index (χ1v) is 13.5. The van der Waals surface area contributed by atoms with Crippen LogP contribution in [0.15, 0.2) is 56.9 Å². The number of amides is 3. The van der Waals surface area contributed by atoms with Crippen molar-refractivity contribution in [2.75, 3.05) is 31.2 Å². The number of aromatic nitrogens is 1. The van der Waals surface area contributed by atoms with E-state index in [1.54, 1.807) is 17.0 Å². The van der Waals surface area contributed by atoms with Crippen molar-refractivity contribution in [3.8, 4) is 0 Å². The van der Waals surface area contributed by atoms with Crippen LogP contribution in [0.4, 0.5) is 11.4 Å². The molecule has 3 atom stereocenters. The van der Waals surface area contributed by atoms with Crippen molar-refractivity contribution in [3.63, 3.8) is 0 Å². The summed E-state index contributed by atoms with van der Waals surface area (Å²) in [6.07, 6.45) is 1.46. The summed E-state index contributed by atoms with van der Waals surface area (Å²) in [7, 11) is 0. The van der Waals surface area contributed by atoms with Crippen LogP contribution in [0.3, 0.4) is 0 Å². The average Bonchev–Trinajstić information content (AvgIpc) is 3.62. The van der Waals surface area contributed by atoms with Crippen LogP contribution in [0.5, 0.6) is 0 Å². The molecule has 3 amide bonds. The molecule has 3 aromatic rings. The molecule has 0 radical (unpaired) electrons. The maximum atomic E-state index is 13.7. The number of carbonyl (C=O) groups excluding carboxylic acids is 3. The molecule has 0 aliphatic carbocycles. The fourth-order valence-corrected chi connectivity index (χ4v) is 7.81. The van der Waals surface area contributed by atoms with E-state index in [9.17, 15) is 29.3 Å². The Kier molecular flexibility index (Phi) is 6.16. The highest BCUT2D eigenvalue weighted by molar-refractivity contribution is 8.00. The van der Waals surface area contributed by atoms with Crippen molar-refractivity contribution in [2.45, 2.75) is 22.7 Å². The zero-order valence-corrected chi connectivity index (χ0v) is 21.3. The number of morpholine rings is 1. The van der Waals surface area contributed by atoms with Crippen LogP contribution in [-0.4, -0.2) is 63.7 Å².